The van der Waals surface area contributed by atoms with Crippen molar-refractivity contribution in [2.75, 3.05) is 39.9 Å². The van der Waals surface area contributed by atoms with Gasteiger partial charge in [-0.25, -0.2) is 0 Å². The first-order valence-corrected chi connectivity index (χ1v) is 12.7. The SMILES string of the molecule is Cc1cc2[nH]c(=O)c3cnn(C4CCOCC4)c3c2cc1C(=O)N1CCN(C)C(c2ccccc2)C1.Cl. The van der Waals surface area contributed by atoms with Crippen molar-refractivity contribution < 1.29 is 9.53 Å². The van der Waals surface area contributed by atoms with Crippen LogP contribution in [0.2, 0.25) is 0 Å². The van der Waals surface area contributed by atoms with Crippen LogP contribution in [0, 0.1) is 6.92 Å². The predicted octanol–water partition coefficient (Wildman–Crippen LogP) is 4.09. The number of piperazine rings is 1. The maximum Gasteiger partial charge on any atom is 0.259 e. The van der Waals surface area contributed by atoms with E-state index in [0.29, 0.717) is 37.3 Å². The summed E-state index contributed by atoms with van der Waals surface area (Å²) in [6, 6.07) is 14.6. The van der Waals surface area contributed by atoms with Crippen LogP contribution in [-0.4, -0.2) is 70.4 Å². The number of aryl methyl sites for hydroxylation is 1. The molecule has 2 aromatic carbocycles. The van der Waals surface area contributed by atoms with Crippen molar-refractivity contribution in [3.8, 4) is 0 Å². The zero-order valence-corrected chi connectivity index (χ0v) is 22.0. The van der Waals surface area contributed by atoms with Gasteiger partial charge in [-0.1, -0.05) is 30.3 Å². The van der Waals surface area contributed by atoms with Gasteiger partial charge in [0.25, 0.3) is 11.5 Å². The van der Waals surface area contributed by atoms with Gasteiger partial charge in [0.1, 0.15) is 0 Å². The van der Waals surface area contributed by atoms with Gasteiger partial charge >= 0.3 is 0 Å². The first kappa shape index (κ1) is 25.4. The van der Waals surface area contributed by atoms with E-state index in [2.05, 4.69) is 34.2 Å². The van der Waals surface area contributed by atoms with E-state index in [1.807, 2.05) is 46.8 Å². The smallest absolute Gasteiger partial charge is 0.259 e. The summed E-state index contributed by atoms with van der Waals surface area (Å²) in [5.41, 5.74) is 4.12. The van der Waals surface area contributed by atoms with Crippen molar-refractivity contribution >= 4 is 40.1 Å². The number of ether oxygens (including phenoxy) is 1. The molecule has 2 aliphatic rings. The highest BCUT2D eigenvalue weighted by atomic mass is 35.5. The third-order valence-electron chi connectivity index (χ3n) is 7.79. The number of hydrogen-bond acceptors (Lipinski definition) is 5. The monoisotopic (exact) mass is 521 g/mol. The fourth-order valence-corrected chi connectivity index (χ4v) is 5.69. The molecule has 2 saturated heterocycles. The average molecular weight is 522 g/mol. The molecule has 1 amide bonds. The Hall–Kier alpha value is -3.20. The van der Waals surface area contributed by atoms with Gasteiger partial charge in [0.2, 0.25) is 0 Å². The molecule has 0 bridgehead atoms. The van der Waals surface area contributed by atoms with Gasteiger partial charge in [-0.3, -0.25) is 19.2 Å². The van der Waals surface area contributed by atoms with E-state index in [0.717, 1.165) is 41.4 Å². The van der Waals surface area contributed by atoms with Crippen molar-refractivity contribution in [2.24, 2.45) is 0 Å². The number of carbonyl (C=O) groups is 1. The second-order valence-corrected chi connectivity index (χ2v) is 10.0. The summed E-state index contributed by atoms with van der Waals surface area (Å²) in [6.45, 7) is 5.43. The number of H-pyrrole nitrogens is 1. The van der Waals surface area contributed by atoms with Crippen LogP contribution in [0.25, 0.3) is 21.8 Å². The molecule has 6 rings (SSSR count). The van der Waals surface area contributed by atoms with Crippen LogP contribution in [0.3, 0.4) is 0 Å². The molecular formula is C28H32ClN5O3. The molecule has 0 aliphatic carbocycles. The summed E-state index contributed by atoms with van der Waals surface area (Å²) >= 11 is 0. The molecule has 0 spiro atoms. The number of aromatic nitrogens is 3. The van der Waals surface area contributed by atoms with E-state index in [9.17, 15) is 9.59 Å². The van der Waals surface area contributed by atoms with E-state index in [1.54, 1.807) is 6.20 Å². The van der Waals surface area contributed by atoms with Crippen LogP contribution in [0.1, 0.15) is 46.4 Å². The second-order valence-electron chi connectivity index (χ2n) is 10.0. The van der Waals surface area contributed by atoms with Crippen molar-refractivity contribution in [3.05, 3.63) is 75.7 Å². The number of carbonyl (C=O) groups excluding carboxylic acids is 1. The van der Waals surface area contributed by atoms with Gasteiger partial charge in [-0.05, 0) is 50.1 Å². The van der Waals surface area contributed by atoms with Crippen LogP contribution < -0.4 is 5.56 Å². The quantitative estimate of drug-likeness (QED) is 0.439. The van der Waals surface area contributed by atoms with E-state index < -0.39 is 0 Å². The lowest BCUT2D eigenvalue weighted by Gasteiger charge is -2.40. The molecule has 9 heteroatoms. The fraction of sp³-hybridized carbons (Fsp3) is 0.393. The maximum absolute atomic E-state index is 13.9. The number of fused-ring (bicyclic) bond motifs is 3. The Morgan fingerprint density at radius 1 is 1.08 bits per heavy atom. The number of pyridine rings is 1. The lowest BCUT2D eigenvalue weighted by atomic mass is 9.99. The number of benzene rings is 2. The zero-order chi connectivity index (χ0) is 24.8. The lowest BCUT2D eigenvalue weighted by molar-refractivity contribution is 0.0545. The second kappa shape index (κ2) is 10.3. The highest BCUT2D eigenvalue weighted by Gasteiger charge is 2.30. The number of amides is 1. The molecule has 2 aromatic heterocycles. The van der Waals surface area contributed by atoms with Crippen LogP contribution in [0.15, 0.2) is 53.5 Å². The molecule has 4 heterocycles. The zero-order valence-electron chi connectivity index (χ0n) is 21.1. The van der Waals surface area contributed by atoms with Gasteiger partial charge < -0.3 is 14.6 Å². The summed E-state index contributed by atoms with van der Waals surface area (Å²) < 4.78 is 7.51. The molecule has 2 aliphatic heterocycles. The predicted molar refractivity (Wildman–Crippen MR) is 147 cm³/mol. The Balaban J connectivity index is 0.00000280. The van der Waals surface area contributed by atoms with Crippen molar-refractivity contribution in [1.82, 2.24) is 24.6 Å². The number of halogens is 1. The number of aromatic amines is 1. The largest absolute Gasteiger partial charge is 0.381 e. The van der Waals surface area contributed by atoms with Crippen LogP contribution in [-0.2, 0) is 4.74 Å². The standard InChI is InChI=1S/C28H31N5O3.ClH/c1-18-14-24-22(26-23(27(34)30-24)16-29-33(26)20-8-12-36-13-9-20)15-21(18)28(35)32-11-10-31(2)25(17-32)19-6-4-3-5-7-19;/h3-7,14-16,20,25H,8-13,17H2,1-2H3,(H,30,34);1H. The molecule has 2 fully saturated rings. The Labute approximate surface area is 221 Å². The van der Waals surface area contributed by atoms with Crippen LogP contribution in [0.4, 0.5) is 0 Å². The van der Waals surface area contributed by atoms with Crippen molar-refractivity contribution in [2.45, 2.75) is 31.8 Å². The molecule has 8 nitrogen and oxygen atoms in total. The van der Waals surface area contributed by atoms with Gasteiger partial charge in [0, 0.05) is 43.8 Å². The topological polar surface area (TPSA) is 83.5 Å². The minimum absolute atomic E-state index is 0. The molecule has 0 saturated carbocycles. The summed E-state index contributed by atoms with van der Waals surface area (Å²) in [4.78, 5) is 34.0. The Kier molecular flexibility index (Phi) is 7.07. The Bertz CT molecular complexity index is 1490. The molecule has 1 unspecified atom stereocenters. The van der Waals surface area contributed by atoms with Gasteiger partial charge in [0.15, 0.2) is 0 Å². The summed E-state index contributed by atoms with van der Waals surface area (Å²) in [5.74, 6) is 0.0277. The van der Waals surface area contributed by atoms with Gasteiger partial charge in [0.05, 0.1) is 34.7 Å². The van der Waals surface area contributed by atoms with Crippen LogP contribution in [0.5, 0.6) is 0 Å². The number of nitrogens with one attached hydrogen (secondary N) is 1. The summed E-state index contributed by atoms with van der Waals surface area (Å²) in [5, 5.41) is 6.02. The van der Waals surface area contributed by atoms with Crippen LogP contribution >= 0.6 is 12.4 Å². The first-order chi connectivity index (χ1) is 17.5. The number of rotatable bonds is 3. The van der Waals surface area contributed by atoms with E-state index >= 15 is 0 Å². The lowest BCUT2D eigenvalue weighted by Crippen LogP contribution is -2.49. The summed E-state index contributed by atoms with van der Waals surface area (Å²) in [7, 11) is 2.12. The summed E-state index contributed by atoms with van der Waals surface area (Å²) in [6.07, 6.45) is 3.35. The average Bonchev–Trinajstić information content (AvgIpc) is 3.36. The van der Waals surface area contributed by atoms with E-state index in [4.69, 9.17) is 4.74 Å². The highest BCUT2D eigenvalue weighted by molar-refractivity contribution is 6.07. The highest BCUT2D eigenvalue weighted by Crippen LogP contribution is 2.31. The normalized spacial score (nSPS) is 19.3. The molecule has 1 N–H and O–H groups in total. The molecular weight excluding hydrogens is 490 g/mol. The third kappa shape index (κ3) is 4.54. The maximum atomic E-state index is 13.9. The Morgan fingerprint density at radius 2 is 1.84 bits per heavy atom. The molecule has 0 radical (unpaired) electrons. The van der Waals surface area contributed by atoms with Crippen molar-refractivity contribution in [1.29, 1.82) is 0 Å². The van der Waals surface area contributed by atoms with Crippen molar-refractivity contribution in [3.63, 3.8) is 0 Å². The molecule has 194 valence electrons. The first-order valence-electron chi connectivity index (χ1n) is 12.7. The minimum Gasteiger partial charge on any atom is -0.381 e. The fourth-order valence-electron chi connectivity index (χ4n) is 5.69. The molecule has 1 atom stereocenters. The molecule has 4 aromatic rings. The minimum atomic E-state index is -0.154. The number of hydrogen-bond donors (Lipinski definition) is 1. The van der Waals surface area contributed by atoms with E-state index in [-0.39, 0.29) is 36.0 Å². The van der Waals surface area contributed by atoms with Gasteiger partial charge in [-0.15, -0.1) is 12.4 Å². The van der Waals surface area contributed by atoms with E-state index in [1.165, 1.54) is 5.56 Å². The van der Waals surface area contributed by atoms with Gasteiger partial charge in [-0.2, -0.15) is 5.10 Å². The Morgan fingerprint density at radius 3 is 2.59 bits per heavy atom. The number of likely N-dealkylation sites (N-methyl/N-ethyl adjacent to an activating group) is 1. The molecule has 37 heavy (non-hydrogen) atoms. The third-order valence-corrected chi connectivity index (χ3v) is 7.79. The number of nitrogens with zero attached hydrogens (tertiary/aromatic N) is 4.